The third-order valence-electron chi connectivity index (χ3n) is 2.83. The maximum absolute atomic E-state index is 12.7. The summed E-state index contributed by atoms with van der Waals surface area (Å²) in [5.74, 6) is 0. The normalized spacial score (nSPS) is 16.1. The van der Waals surface area contributed by atoms with Crippen molar-refractivity contribution >= 4 is 34.6 Å². The van der Waals surface area contributed by atoms with Crippen LogP contribution in [0.1, 0.15) is 5.56 Å². The van der Waals surface area contributed by atoms with Crippen LogP contribution < -0.4 is 5.32 Å². The predicted octanol–water partition coefficient (Wildman–Crippen LogP) is 3.39. The Balaban J connectivity index is 2.13. The number of nitrogens with one attached hydrogen (secondary N) is 1. The Morgan fingerprint density at radius 2 is 1.95 bits per heavy atom. The maximum Gasteiger partial charge on any atom is 0.416 e. The molecular formula is C12H12ClF3N2OS. The molecule has 0 bridgehead atoms. The van der Waals surface area contributed by atoms with Crippen LogP contribution in [-0.4, -0.2) is 36.3 Å². The Bertz CT molecular complexity index is 504. The summed E-state index contributed by atoms with van der Waals surface area (Å²) >= 11 is 11.1. The molecule has 1 fully saturated rings. The van der Waals surface area contributed by atoms with Gasteiger partial charge in [-0.25, -0.2) is 0 Å². The highest BCUT2D eigenvalue weighted by atomic mass is 35.5. The molecule has 1 heterocycles. The Morgan fingerprint density at radius 1 is 1.30 bits per heavy atom. The minimum absolute atomic E-state index is 0.151. The van der Waals surface area contributed by atoms with Crippen molar-refractivity contribution in [3.8, 4) is 0 Å². The maximum atomic E-state index is 12.7. The standard InChI is InChI=1S/C12H12ClF3N2OS/c13-9-2-1-8(12(14,15)16)7-10(9)17-11(20)18-3-5-19-6-4-18/h1-2,7H,3-6H2,(H,17,20). The summed E-state index contributed by atoms with van der Waals surface area (Å²) in [5, 5.41) is 3.29. The quantitative estimate of drug-likeness (QED) is 0.800. The summed E-state index contributed by atoms with van der Waals surface area (Å²) in [5.41, 5.74) is -0.618. The minimum Gasteiger partial charge on any atom is -0.378 e. The van der Waals surface area contributed by atoms with Crippen LogP contribution in [0.3, 0.4) is 0 Å². The molecule has 8 heteroatoms. The first-order chi connectivity index (χ1) is 9.38. The fraction of sp³-hybridized carbons (Fsp3) is 0.417. The number of halogens is 4. The molecule has 0 amide bonds. The molecule has 1 N–H and O–H groups in total. The Morgan fingerprint density at radius 3 is 2.55 bits per heavy atom. The Kier molecular flexibility index (Phi) is 4.72. The summed E-state index contributed by atoms with van der Waals surface area (Å²) in [4.78, 5) is 1.83. The molecule has 0 radical (unpaired) electrons. The summed E-state index contributed by atoms with van der Waals surface area (Å²) in [6.07, 6.45) is -4.42. The van der Waals surface area contributed by atoms with Gasteiger partial charge in [0, 0.05) is 13.1 Å². The zero-order valence-electron chi connectivity index (χ0n) is 10.3. The fourth-order valence-electron chi connectivity index (χ4n) is 1.76. The van der Waals surface area contributed by atoms with E-state index < -0.39 is 11.7 Å². The lowest BCUT2D eigenvalue weighted by Crippen LogP contribution is -2.42. The summed E-state index contributed by atoms with van der Waals surface area (Å²) in [6, 6.07) is 3.09. The number of anilines is 1. The van der Waals surface area contributed by atoms with E-state index in [0.717, 1.165) is 12.1 Å². The van der Waals surface area contributed by atoms with E-state index in [2.05, 4.69) is 5.32 Å². The second-order valence-electron chi connectivity index (χ2n) is 4.22. The van der Waals surface area contributed by atoms with E-state index in [-0.39, 0.29) is 10.7 Å². The largest absolute Gasteiger partial charge is 0.416 e. The number of hydrogen-bond donors (Lipinski definition) is 1. The highest BCUT2D eigenvalue weighted by Crippen LogP contribution is 2.33. The molecule has 3 nitrogen and oxygen atoms in total. The van der Waals surface area contributed by atoms with Crippen molar-refractivity contribution < 1.29 is 17.9 Å². The van der Waals surface area contributed by atoms with E-state index in [1.807, 2.05) is 4.90 Å². The lowest BCUT2D eigenvalue weighted by molar-refractivity contribution is -0.137. The van der Waals surface area contributed by atoms with Crippen LogP contribution in [0, 0.1) is 0 Å². The zero-order valence-corrected chi connectivity index (χ0v) is 11.9. The second-order valence-corrected chi connectivity index (χ2v) is 5.02. The van der Waals surface area contributed by atoms with Crippen LogP contribution in [-0.2, 0) is 10.9 Å². The SMILES string of the molecule is FC(F)(F)c1ccc(Cl)c(NC(=S)N2CCOCC2)c1. The number of ether oxygens (including phenoxy) is 1. The average Bonchev–Trinajstić information content (AvgIpc) is 2.41. The molecule has 1 aromatic rings. The molecule has 0 spiro atoms. The molecule has 110 valence electrons. The van der Waals surface area contributed by atoms with Crippen LogP contribution in [0.4, 0.5) is 18.9 Å². The van der Waals surface area contributed by atoms with E-state index in [4.69, 9.17) is 28.6 Å². The van der Waals surface area contributed by atoms with Crippen molar-refractivity contribution in [1.82, 2.24) is 4.90 Å². The van der Waals surface area contributed by atoms with Crippen molar-refractivity contribution in [3.63, 3.8) is 0 Å². The highest BCUT2D eigenvalue weighted by molar-refractivity contribution is 7.80. The molecule has 1 aromatic carbocycles. The topological polar surface area (TPSA) is 24.5 Å². The van der Waals surface area contributed by atoms with Gasteiger partial charge in [-0.3, -0.25) is 0 Å². The monoisotopic (exact) mass is 324 g/mol. The van der Waals surface area contributed by atoms with Gasteiger partial charge >= 0.3 is 6.18 Å². The smallest absolute Gasteiger partial charge is 0.378 e. The summed E-state index contributed by atoms with van der Waals surface area (Å²) in [6.45, 7) is 2.28. The molecule has 0 atom stereocenters. The number of hydrogen-bond acceptors (Lipinski definition) is 2. The molecule has 1 aliphatic rings. The van der Waals surface area contributed by atoms with E-state index >= 15 is 0 Å². The van der Waals surface area contributed by atoms with Gasteiger partial charge in [0.2, 0.25) is 0 Å². The van der Waals surface area contributed by atoms with Crippen LogP contribution in [0.25, 0.3) is 0 Å². The van der Waals surface area contributed by atoms with Gasteiger partial charge in [-0.1, -0.05) is 11.6 Å². The van der Waals surface area contributed by atoms with Crippen LogP contribution >= 0.6 is 23.8 Å². The lowest BCUT2D eigenvalue weighted by Gasteiger charge is -2.29. The van der Waals surface area contributed by atoms with Gasteiger partial charge in [-0.15, -0.1) is 0 Å². The molecular weight excluding hydrogens is 313 g/mol. The third kappa shape index (κ3) is 3.74. The van der Waals surface area contributed by atoms with Crippen molar-refractivity contribution in [2.24, 2.45) is 0 Å². The Hall–Kier alpha value is -1.05. The summed E-state index contributed by atoms with van der Waals surface area (Å²) < 4.78 is 43.2. The lowest BCUT2D eigenvalue weighted by atomic mass is 10.2. The van der Waals surface area contributed by atoms with Crippen molar-refractivity contribution in [3.05, 3.63) is 28.8 Å². The molecule has 1 aliphatic heterocycles. The van der Waals surface area contributed by atoms with Gasteiger partial charge in [0.1, 0.15) is 0 Å². The molecule has 0 aliphatic carbocycles. The third-order valence-corrected chi connectivity index (χ3v) is 3.52. The molecule has 0 unspecified atom stereocenters. The fourth-order valence-corrected chi connectivity index (χ4v) is 2.22. The number of benzene rings is 1. The highest BCUT2D eigenvalue weighted by Gasteiger charge is 2.31. The minimum atomic E-state index is -4.42. The first-order valence-electron chi connectivity index (χ1n) is 5.88. The van der Waals surface area contributed by atoms with Crippen LogP contribution in [0.15, 0.2) is 18.2 Å². The van der Waals surface area contributed by atoms with Gasteiger partial charge in [-0.2, -0.15) is 13.2 Å². The molecule has 1 saturated heterocycles. The average molecular weight is 325 g/mol. The van der Waals surface area contributed by atoms with Gasteiger partial charge in [0.15, 0.2) is 5.11 Å². The van der Waals surface area contributed by atoms with E-state index in [0.29, 0.717) is 31.4 Å². The van der Waals surface area contributed by atoms with Crippen LogP contribution in [0.2, 0.25) is 5.02 Å². The number of thiocarbonyl (C=S) groups is 1. The Labute approximate surface area is 124 Å². The van der Waals surface area contributed by atoms with Crippen molar-refractivity contribution in [1.29, 1.82) is 0 Å². The van der Waals surface area contributed by atoms with Gasteiger partial charge < -0.3 is 15.0 Å². The molecule has 0 saturated carbocycles. The molecule has 0 aromatic heterocycles. The number of alkyl halides is 3. The van der Waals surface area contributed by atoms with E-state index in [1.54, 1.807) is 0 Å². The van der Waals surface area contributed by atoms with Gasteiger partial charge in [0.05, 0.1) is 29.5 Å². The zero-order chi connectivity index (χ0) is 14.8. The predicted molar refractivity (Wildman–Crippen MR) is 75.1 cm³/mol. The summed E-state index contributed by atoms with van der Waals surface area (Å²) in [7, 11) is 0. The molecule has 2 rings (SSSR count). The number of morpholine rings is 1. The van der Waals surface area contributed by atoms with Crippen LogP contribution in [0.5, 0.6) is 0 Å². The first-order valence-corrected chi connectivity index (χ1v) is 6.67. The second kappa shape index (κ2) is 6.15. The van der Waals surface area contributed by atoms with Gasteiger partial charge in [0.25, 0.3) is 0 Å². The number of nitrogens with zero attached hydrogens (tertiary/aromatic N) is 1. The van der Waals surface area contributed by atoms with E-state index in [9.17, 15) is 13.2 Å². The van der Waals surface area contributed by atoms with Gasteiger partial charge in [-0.05, 0) is 30.4 Å². The first kappa shape index (κ1) is 15.3. The van der Waals surface area contributed by atoms with Crippen molar-refractivity contribution in [2.75, 3.05) is 31.6 Å². The van der Waals surface area contributed by atoms with Crippen molar-refractivity contribution in [2.45, 2.75) is 6.18 Å². The number of rotatable bonds is 1. The molecule has 20 heavy (non-hydrogen) atoms. The van der Waals surface area contributed by atoms with E-state index in [1.165, 1.54) is 6.07 Å².